The van der Waals surface area contributed by atoms with Crippen LogP contribution in [0.3, 0.4) is 0 Å². The molecular formula is C11H20BrNO. The molecule has 14 heavy (non-hydrogen) atoms. The lowest BCUT2D eigenvalue weighted by Gasteiger charge is -2.35. The van der Waals surface area contributed by atoms with Crippen molar-refractivity contribution in [2.75, 3.05) is 11.9 Å². The van der Waals surface area contributed by atoms with Crippen molar-refractivity contribution in [3.8, 4) is 0 Å². The Morgan fingerprint density at radius 1 is 1.50 bits per heavy atom. The molecule has 0 bridgehead atoms. The Bertz CT molecular complexity index is 182. The molecule has 2 nitrogen and oxygen atoms in total. The van der Waals surface area contributed by atoms with Crippen molar-refractivity contribution in [2.24, 2.45) is 0 Å². The van der Waals surface area contributed by atoms with Crippen molar-refractivity contribution in [2.45, 2.75) is 51.5 Å². The van der Waals surface area contributed by atoms with E-state index in [4.69, 9.17) is 0 Å². The van der Waals surface area contributed by atoms with Crippen LogP contribution >= 0.6 is 15.9 Å². The van der Waals surface area contributed by atoms with Gasteiger partial charge in [0.05, 0.1) is 0 Å². The second-order valence-electron chi connectivity index (χ2n) is 3.96. The van der Waals surface area contributed by atoms with Gasteiger partial charge < -0.3 is 4.90 Å². The van der Waals surface area contributed by atoms with Crippen LogP contribution in [0, 0.1) is 0 Å². The van der Waals surface area contributed by atoms with Crippen LogP contribution in [0.1, 0.15) is 45.4 Å². The number of piperidine rings is 1. The first-order chi connectivity index (χ1) is 6.79. The molecule has 1 saturated heterocycles. The molecule has 1 unspecified atom stereocenters. The standard InChI is InChI=1S/C11H20BrNO/c1-2-5-11(14)13-9-4-3-6-10(13)7-8-12/h10H,2-9H2,1H3. The Balaban J connectivity index is 2.48. The first-order valence-corrected chi connectivity index (χ1v) is 6.77. The summed E-state index contributed by atoms with van der Waals surface area (Å²) < 4.78 is 0. The van der Waals surface area contributed by atoms with Gasteiger partial charge in [-0.05, 0) is 32.1 Å². The van der Waals surface area contributed by atoms with E-state index in [1.807, 2.05) is 0 Å². The SMILES string of the molecule is CCCC(=O)N1CCCCC1CCBr. The van der Waals surface area contributed by atoms with Gasteiger partial charge in [0.1, 0.15) is 0 Å². The van der Waals surface area contributed by atoms with Crippen LogP contribution in [-0.4, -0.2) is 28.7 Å². The predicted octanol–water partition coefficient (Wildman–Crippen LogP) is 2.95. The molecule has 1 fully saturated rings. The summed E-state index contributed by atoms with van der Waals surface area (Å²) >= 11 is 3.46. The Morgan fingerprint density at radius 3 is 2.93 bits per heavy atom. The maximum absolute atomic E-state index is 11.8. The van der Waals surface area contributed by atoms with Gasteiger partial charge in [0.2, 0.25) is 5.91 Å². The van der Waals surface area contributed by atoms with Gasteiger partial charge in [-0.2, -0.15) is 0 Å². The first kappa shape index (κ1) is 12.0. The van der Waals surface area contributed by atoms with Gasteiger partial charge in [0, 0.05) is 24.3 Å². The van der Waals surface area contributed by atoms with Gasteiger partial charge in [-0.3, -0.25) is 4.79 Å². The van der Waals surface area contributed by atoms with Crippen LogP contribution in [0.15, 0.2) is 0 Å². The van der Waals surface area contributed by atoms with Gasteiger partial charge in [-0.15, -0.1) is 0 Å². The molecule has 0 N–H and O–H groups in total. The zero-order valence-electron chi connectivity index (χ0n) is 8.97. The lowest BCUT2D eigenvalue weighted by atomic mass is 9.99. The van der Waals surface area contributed by atoms with Gasteiger partial charge in [-0.25, -0.2) is 0 Å². The number of hydrogen-bond donors (Lipinski definition) is 0. The van der Waals surface area contributed by atoms with E-state index < -0.39 is 0 Å². The number of carbonyl (C=O) groups is 1. The second kappa shape index (κ2) is 6.44. The third kappa shape index (κ3) is 3.26. The molecule has 1 amide bonds. The molecule has 0 aromatic heterocycles. The molecule has 82 valence electrons. The molecule has 1 heterocycles. The number of likely N-dealkylation sites (tertiary alicyclic amines) is 1. The average molecular weight is 262 g/mol. The fraction of sp³-hybridized carbons (Fsp3) is 0.909. The fourth-order valence-electron chi connectivity index (χ4n) is 2.11. The summed E-state index contributed by atoms with van der Waals surface area (Å²) in [5.41, 5.74) is 0. The lowest BCUT2D eigenvalue weighted by molar-refractivity contribution is -0.134. The van der Waals surface area contributed by atoms with Crippen LogP contribution < -0.4 is 0 Å². The number of rotatable bonds is 4. The molecule has 1 rings (SSSR count). The van der Waals surface area contributed by atoms with Crippen LogP contribution in [0.4, 0.5) is 0 Å². The highest BCUT2D eigenvalue weighted by molar-refractivity contribution is 9.09. The number of nitrogens with zero attached hydrogens (tertiary/aromatic N) is 1. The van der Waals surface area contributed by atoms with Crippen LogP contribution in [0.5, 0.6) is 0 Å². The van der Waals surface area contributed by atoms with Crippen molar-refractivity contribution < 1.29 is 4.79 Å². The maximum atomic E-state index is 11.8. The third-order valence-corrected chi connectivity index (χ3v) is 3.31. The highest BCUT2D eigenvalue weighted by atomic mass is 79.9. The zero-order valence-corrected chi connectivity index (χ0v) is 10.6. The number of amides is 1. The molecule has 1 aliphatic rings. The van der Waals surface area contributed by atoms with E-state index in [0.717, 1.165) is 31.1 Å². The molecule has 0 saturated carbocycles. The average Bonchev–Trinajstić information content (AvgIpc) is 2.19. The summed E-state index contributed by atoms with van der Waals surface area (Å²) in [7, 11) is 0. The van der Waals surface area contributed by atoms with E-state index in [2.05, 4.69) is 27.8 Å². The van der Waals surface area contributed by atoms with Gasteiger partial charge in [-0.1, -0.05) is 22.9 Å². The molecule has 1 aliphatic heterocycles. The Kier molecular flexibility index (Phi) is 5.53. The molecule has 1 atom stereocenters. The van der Waals surface area contributed by atoms with Crippen LogP contribution in [0.25, 0.3) is 0 Å². The molecule has 0 aromatic rings. The number of carbonyl (C=O) groups excluding carboxylic acids is 1. The smallest absolute Gasteiger partial charge is 0.222 e. The normalized spacial score (nSPS) is 22.4. The number of halogens is 1. The minimum atomic E-state index is 0.359. The fourth-order valence-corrected chi connectivity index (χ4v) is 2.64. The Labute approximate surface area is 95.2 Å². The van der Waals surface area contributed by atoms with E-state index in [1.54, 1.807) is 0 Å². The minimum absolute atomic E-state index is 0.359. The van der Waals surface area contributed by atoms with E-state index in [0.29, 0.717) is 11.9 Å². The molecule has 0 aliphatic carbocycles. The van der Waals surface area contributed by atoms with E-state index in [1.165, 1.54) is 19.3 Å². The van der Waals surface area contributed by atoms with E-state index in [-0.39, 0.29) is 0 Å². The van der Waals surface area contributed by atoms with E-state index in [9.17, 15) is 4.79 Å². The molecule has 0 radical (unpaired) electrons. The quantitative estimate of drug-likeness (QED) is 0.713. The molecular weight excluding hydrogens is 242 g/mol. The number of alkyl halides is 1. The largest absolute Gasteiger partial charge is 0.340 e. The summed E-state index contributed by atoms with van der Waals surface area (Å²) in [4.78, 5) is 13.9. The molecule has 0 aromatic carbocycles. The third-order valence-electron chi connectivity index (χ3n) is 2.85. The predicted molar refractivity (Wildman–Crippen MR) is 62.7 cm³/mol. The van der Waals surface area contributed by atoms with Crippen molar-refractivity contribution in [1.82, 2.24) is 4.90 Å². The number of hydrogen-bond acceptors (Lipinski definition) is 1. The monoisotopic (exact) mass is 261 g/mol. The summed E-state index contributed by atoms with van der Waals surface area (Å²) in [5.74, 6) is 0.359. The van der Waals surface area contributed by atoms with E-state index >= 15 is 0 Å². The van der Waals surface area contributed by atoms with Crippen LogP contribution in [-0.2, 0) is 4.79 Å². The first-order valence-electron chi connectivity index (χ1n) is 5.65. The molecule has 0 spiro atoms. The van der Waals surface area contributed by atoms with Crippen molar-refractivity contribution >= 4 is 21.8 Å². The topological polar surface area (TPSA) is 20.3 Å². The Hall–Kier alpha value is -0.0500. The lowest BCUT2D eigenvalue weighted by Crippen LogP contribution is -2.43. The highest BCUT2D eigenvalue weighted by Gasteiger charge is 2.24. The summed E-state index contributed by atoms with van der Waals surface area (Å²) in [6.07, 6.45) is 6.47. The summed E-state index contributed by atoms with van der Waals surface area (Å²) in [6.45, 7) is 3.05. The van der Waals surface area contributed by atoms with Crippen molar-refractivity contribution in [3.05, 3.63) is 0 Å². The van der Waals surface area contributed by atoms with Gasteiger partial charge >= 0.3 is 0 Å². The summed E-state index contributed by atoms with van der Waals surface area (Å²) in [5, 5.41) is 1.01. The van der Waals surface area contributed by atoms with Gasteiger partial charge in [0.25, 0.3) is 0 Å². The van der Waals surface area contributed by atoms with Crippen molar-refractivity contribution in [3.63, 3.8) is 0 Å². The zero-order chi connectivity index (χ0) is 10.4. The Morgan fingerprint density at radius 2 is 2.29 bits per heavy atom. The van der Waals surface area contributed by atoms with Crippen molar-refractivity contribution in [1.29, 1.82) is 0 Å². The van der Waals surface area contributed by atoms with Gasteiger partial charge in [0.15, 0.2) is 0 Å². The summed E-state index contributed by atoms with van der Waals surface area (Å²) in [6, 6.07) is 0.502. The highest BCUT2D eigenvalue weighted by Crippen LogP contribution is 2.21. The van der Waals surface area contributed by atoms with Crippen LogP contribution in [0.2, 0.25) is 0 Å². The maximum Gasteiger partial charge on any atom is 0.222 e. The second-order valence-corrected chi connectivity index (χ2v) is 4.76. The molecule has 3 heteroatoms. The minimum Gasteiger partial charge on any atom is -0.340 e.